The maximum atomic E-state index is 14.3. The van der Waals surface area contributed by atoms with E-state index in [1.807, 2.05) is 24.3 Å². The van der Waals surface area contributed by atoms with Crippen LogP contribution >= 0.6 is 11.6 Å². The molecule has 3 aromatic rings. The zero-order chi connectivity index (χ0) is 17.2. The monoisotopic (exact) mass is 359 g/mol. The van der Waals surface area contributed by atoms with Gasteiger partial charge in [0.2, 0.25) is 5.28 Å². The predicted octanol–water partition coefficient (Wildman–Crippen LogP) is 3.64. The number of nitrogens with zero attached hydrogens (tertiary/aromatic N) is 3. The summed E-state index contributed by atoms with van der Waals surface area (Å²) in [6.07, 6.45) is 1.38. The van der Waals surface area contributed by atoms with E-state index in [2.05, 4.69) is 37.3 Å². The zero-order valence-electron chi connectivity index (χ0n) is 13.6. The Bertz CT molecular complexity index is 853. The molecule has 1 aliphatic rings. The van der Waals surface area contributed by atoms with Crippen LogP contribution in [0.3, 0.4) is 0 Å². The third-order valence-corrected chi connectivity index (χ3v) is 4.62. The summed E-state index contributed by atoms with van der Waals surface area (Å²) in [7, 11) is 0. The minimum atomic E-state index is -0.867. The Morgan fingerprint density at radius 2 is 2.04 bits per heavy atom. The average Bonchev–Trinajstić information content (AvgIpc) is 3.03. The highest BCUT2D eigenvalue weighted by Gasteiger charge is 2.28. The molecule has 1 aromatic carbocycles. The van der Waals surface area contributed by atoms with Crippen LogP contribution in [0, 0.1) is 0 Å². The van der Waals surface area contributed by atoms with Crippen LogP contribution in [-0.4, -0.2) is 45.2 Å². The number of likely N-dealkylation sites (tertiary alicyclic amines) is 1. The highest BCUT2D eigenvalue weighted by molar-refractivity contribution is 6.28. The number of aromatic amines is 1. The van der Waals surface area contributed by atoms with Gasteiger partial charge in [-0.15, -0.1) is 0 Å². The maximum absolute atomic E-state index is 14.3. The molecule has 0 bridgehead atoms. The first kappa shape index (κ1) is 16.3. The van der Waals surface area contributed by atoms with Crippen LogP contribution in [0.5, 0.6) is 0 Å². The van der Waals surface area contributed by atoms with E-state index in [1.165, 1.54) is 5.56 Å². The van der Waals surface area contributed by atoms with E-state index in [9.17, 15) is 4.39 Å². The van der Waals surface area contributed by atoms with Crippen molar-refractivity contribution in [1.82, 2.24) is 19.9 Å². The van der Waals surface area contributed by atoms with Gasteiger partial charge >= 0.3 is 0 Å². The van der Waals surface area contributed by atoms with Crippen molar-refractivity contribution in [2.24, 2.45) is 0 Å². The number of fused-ring (bicyclic) bond motifs is 1. The molecule has 0 amide bonds. The molecule has 2 atom stereocenters. The number of anilines is 1. The van der Waals surface area contributed by atoms with Crippen LogP contribution in [0.1, 0.15) is 12.0 Å². The highest BCUT2D eigenvalue weighted by Crippen LogP contribution is 2.25. The molecule has 4 rings (SSSR count). The number of aromatic nitrogens is 3. The zero-order valence-corrected chi connectivity index (χ0v) is 14.4. The van der Waals surface area contributed by atoms with Gasteiger partial charge in [-0.2, -0.15) is 4.98 Å². The lowest BCUT2D eigenvalue weighted by Crippen LogP contribution is -2.46. The number of rotatable bonds is 4. The van der Waals surface area contributed by atoms with Crippen molar-refractivity contribution in [1.29, 1.82) is 0 Å². The smallest absolute Gasteiger partial charge is 0.226 e. The lowest BCUT2D eigenvalue weighted by Gasteiger charge is -2.35. The van der Waals surface area contributed by atoms with Gasteiger partial charge in [0.15, 0.2) is 0 Å². The quantitative estimate of drug-likeness (QED) is 0.698. The van der Waals surface area contributed by atoms with Gasteiger partial charge in [0, 0.05) is 38.3 Å². The van der Waals surface area contributed by atoms with Crippen LogP contribution < -0.4 is 5.32 Å². The van der Waals surface area contributed by atoms with Gasteiger partial charge in [-0.05, 0) is 23.2 Å². The first-order valence-electron chi connectivity index (χ1n) is 8.35. The second-order valence-electron chi connectivity index (χ2n) is 6.44. The first-order chi connectivity index (χ1) is 12.2. The summed E-state index contributed by atoms with van der Waals surface area (Å²) in [5.41, 5.74) is 1.87. The van der Waals surface area contributed by atoms with E-state index < -0.39 is 6.17 Å². The van der Waals surface area contributed by atoms with Crippen molar-refractivity contribution in [3.63, 3.8) is 0 Å². The number of nitrogens with one attached hydrogen (secondary N) is 2. The molecule has 1 fully saturated rings. The van der Waals surface area contributed by atoms with Gasteiger partial charge in [0.25, 0.3) is 0 Å². The summed E-state index contributed by atoms with van der Waals surface area (Å²) >= 11 is 6.00. The molecule has 5 nitrogen and oxygen atoms in total. The molecular weight excluding hydrogens is 341 g/mol. The lowest BCUT2D eigenvalue weighted by molar-refractivity contribution is 0.123. The van der Waals surface area contributed by atoms with Crippen molar-refractivity contribution in [3.05, 3.63) is 53.4 Å². The van der Waals surface area contributed by atoms with Gasteiger partial charge in [-0.1, -0.05) is 30.3 Å². The van der Waals surface area contributed by atoms with Gasteiger partial charge in [-0.25, -0.2) is 9.37 Å². The van der Waals surface area contributed by atoms with Gasteiger partial charge in [0.1, 0.15) is 17.6 Å². The van der Waals surface area contributed by atoms with Crippen LogP contribution in [0.4, 0.5) is 10.2 Å². The number of hydrogen-bond acceptors (Lipinski definition) is 4. The van der Waals surface area contributed by atoms with Crippen molar-refractivity contribution in [2.75, 3.05) is 18.4 Å². The van der Waals surface area contributed by atoms with Crippen molar-refractivity contribution in [2.45, 2.75) is 25.2 Å². The molecule has 0 radical (unpaired) electrons. The number of hydrogen-bond donors (Lipinski definition) is 2. The highest BCUT2D eigenvalue weighted by atomic mass is 35.5. The van der Waals surface area contributed by atoms with E-state index in [0.29, 0.717) is 24.4 Å². The second-order valence-corrected chi connectivity index (χ2v) is 6.77. The van der Waals surface area contributed by atoms with E-state index in [0.717, 1.165) is 18.5 Å². The Morgan fingerprint density at radius 3 is 2.88 bits per heavy atom. The Morgan fingerprint density at radius 1 is 1.20 bits per heavy atom. The molecule has 0 unspecified atom stereocenters. The summed E-state index contributed by atoms with van der Waals surface area (Å²) in [6.45, 7) is 1.95. The summed E-state index contributed by atoms with van der Waals surface area (Å²) < 4.78 is 14.3. The fraction of sp³-hybridized carbons (Fsp3) is 0.333. The second kappa shape index (κ2) is 6.98. The normalized spacial score (nSPS) is 21.5. The molecule has 25 heavy (non-hydrogen) atoms. The Hall–Kier alpha value is -2.18. The number of halogens is 2. The number of H-pyrrole nitrogens is 1. The standard InChI is InChI=1S/C18H19ClFN5/c19-18-23-16-15(6-7-21-16)17(24-18)22-14-8-13(20)10-25(11-14)9-12-4-2-1-3-5-12/h1-7,13-14H,8-11H2,(H2,21,22,23,24)/t13-,14+/m0/s1. The van der Waals surface area contributed by atoms with Gasteiger partial charge in [0.05, 0.1) is 5.39 Å². The van der Waals surface area contributed by atoms with E-state index >= 15 is 0 Å². The van der Waals surface area contributed by atoms with E-state index in [1.54, 1.807) is 6.20 Å². The molecule has 130 valence electrons. The van der Waals surface area contributed by atoms with E-state index in [4.69, 9.17) is 11.6 Å². The van der Waals surface area contributed by atoms with Crippen LogP contribution in [0.15, 0.2) is 42.6 Å². The molecule has 0 aliphatic carbocycles. The fourth-order valence-corrected chi connectivity index (χ4v) is 3.59. The minimum absolute atomic E-state index is 0.0310. The summed E-state index contributed by atoms with van der Waals surface area (Å²) in [5, 5.41) is 4.39. The summed E-state index contributed by atoms with van der Waals surface area (Å²) in [6, 6.07) is 12.0. The van der Waals surface area contributed by atoms with Gasteiger partial charge in [-0.3, -0.25) is 4.90 Å². The third kappa shape index (κ3) is 3.75. The predicted molar refractivity (Wildman–Crippen MR) is 97.5 cm³/mol. The Labute approximate surface area is 150 Å². The number of benzene rings is 1. The number of piperidine rings is 1. The maximum Gasteiger partial charge on any atom is 0.226 e. The van der Waals surface area contributed by atoms with Crippen LogP contribution in [0.2, 0.25) is 5.28 Å². The molecule has 2 N–H and O–H groups in total. The van der Waals surface area contributed by atoms with Crippen molar-refractivity contribution in [3.8, 4) is 0 Å². The Balaban J connectivity index is 1.50. The molecule has 3 heterocycles. The molecule has 0 spiro atoms. The average molecular weight is 360 g/mol. The molecule has 1 aliphatic heterocycles. The lowest BCUT2D eigenvalue weighted by atomic mass is 10.0. The van der Waals surface area contributed by atoms with E-state index in [-0.39, 0.29) is 11.3 Å². The fourth-order valence-electron chi connectivity index (χ4n) is 3.42. The summed E-state index contributed by atoms with van der Waals surface area (Å²) in [4.78, 5) is 13.6. The Kier molecular flexibility index (Phi) is 4.55. The molecule has 1 saturated heterocycles. The minimum Gasteiger partial charge on any atom is -0.365 e. The SMILES string of the molecule is F[C@H]1C[C@@H](Nc2nc(Cl)nc3[nH]ccc23)CN(Cc2ccccc2)C1. The first-order valence-corrected chi connectivity index (χ1v) is 8.72. The molecule has 7 heteroatoms. The number of alkyl halides is 1. The van der Waals surface area contributed by atoms with Crippen molar-refractivity contribution < 1.29 is 4.39 Å². The van der Waals surface area contributed by atoms with Crippen LogP contribution in [-0.2, 0) is 6.54 Å². The van der Waals surface area contributed by atoms with Gasteiger partial charge < -0.3 is 10.3 Å². The summed E-state index contributed by atoms with van der Waals surface area (Å²) in [5.74, 6) is 0.648. The molecule has 2 aromatic heterocycles. The van der Waals surface area contributed by atoms with Crippen molar-refractivity contribution >= 4 is 28.5 Å². The molecule has 0 saturated carbocycles. The topological polar surface area (TPSA) is 56.8 Å². The van der Waals surface area contributed by atoms with Crippen LogP contribution in [0.25, 0.3) is 11.0 Å². The molecular formula is C18H19ClFN5. The largest absolute Gasteiger partial charge is 0.365 e. The third-order valence-electron chi connectivity index (χ3n) is 4.45.